The summed E-state index contributed by atoms with van der Waals surface area (Å²) in [5.41, 5.74) is 1.00. The third-order valence-corrected chi connectivity index (χ3v) is 4.12. The van der Waals surface area contributed by atoms with E-state index < -0.39 is 5.56 Å². The second-order valence-electron chi connectivity index (χ2n) is 4.93. The lowest BCUT2D eigenvalue weighted by molar-refractivity contribution is 0.303. The molecule has 3 aromatic rings. The van der Waals surface area contributed by atoms with Gasteiger partial charge in [0.15, 0.2) is 10.8 Å². The first-order chi connectivity index (χ1) is 11.5. The highest BCUT2D eigenvalue weighted by Gasteiger charge is 2.12. The van der Waals surface area contributed by atoms with Crippen LogP contribution in [0.15, 0.2) is 59.5 Å². The van der Waals surface area contributed by atoms with Gasteiger partial charge in [-0.1, -0.05) is 46.9 Å². The molecule has 0 amide bonds. The second-order valence-corrected chi connectivity index (χ2v) is 6.18. The number of ether oxygens (including phenoxy) is 1. The standard InChI is InChI=1S/C17H11Cl3N2O2/c18-12-3-1-11(2-4-12)10-24-15-9-21-22(17(23)16(15)20)14-7-5-13(19)6-8-14/h1-9H,10H2. The van der Waals surface area contributed by atoms with Gasteiger partial charge in [-0.25, -0.2) is 0 Å². The van der Waals surface area contributed by atoms with Crippen LogP contribution in [0.25, 0.3) is 5.69 Å². The summed E-state index contributed by atoms with van der Waals surface area (Å²) in [4.78, 5) is 12.4. The maximum atomic E-state index is 12.4. The molecule has 0 atom stereocenters. The van der Waals surface area contributed by atoms with Crippen molar-refractivity contribution in [2.24, 2.45) is 0 Å². The zero-order valence-electron chi connectivity index (χ0n) is 12.2. The number of rotatable bonds is 4. The molecule has 0 saturated heterocycles. The summed E-state index contributed by atoms with van der Waals surface area (Å²) in [7, 11) is 0. The molecule has 7 heteroatoms. The lowest BCUT2D eigenvalue weighted by Gasteiger charge is -2.10. The summed E-state index contributed by atoms with van der Waals surface area (Å²) >= 11 is 17.8. The largest absolute Gasteiger partial charge is 0.485 e. The quantitative estimate of drug-likeness (QED) is 0.654. The van der Waals surface area contributed by atoms with Gasteiger partial charge in [-0.05, 0) is 42.0 Å². The van der Waals surface area contributed by atoms with Crippen molar-refractivity contribution >= 4 is 34.8 Å². The third kappa shape index (κ3) is 3.73. The molecule has 4 nitrogen and oxygen atoms in total. The molecular weight excluding hydrogens is 371 g/mol. The molecule has 1 heterocycles. The minimum Gasteiger partial charge on any atom is -0.485 e. The number of hydrogen-bond donors (Lipinski definition) is 0. The van der Waals surface area contributed by atoms with Gasteiger partial charge >= 0.3 is 0 Å². The number of benzene rings is 2. The molecule has 3 rings (SSSR count). The fourth-order valence-corrected chi connectivity index (χ4v) is 2.46. The van der Waals surface area contributed by atoms with Crippen LogP contribution in [0.4, 0.5) is 0 Å². The Morgan fingerprint density at radius 1 is 0.917 bits per heavy atom. The highest BCUT2D eigenvalue weighted by Crippen LogP contribution is 2.21. The fourth-order valence-electron chi connectivity index (χ4n) is 2.03. The third-order valence-electron chi connectivity index (χ3n) is 3.27. The van der Waals surface area contributed by atoms with Crippen LogP contribution in [-0.2, 0) is 6.61 Å². The molecule has 0 aliphatic heterocycles. The molecule has 0 unspecified atom stereocenters. The van der Waals surface area contributed by atoms with E-state index in [0.29, 0.717) is 15.7 Å². The summed E-state index contributed by atoms with van der Waals surface area (Å²) < 4.78 is 6.77. The molecule has 1 aromatic heterocycles. The molecule has 0 saturated carbocycles. The second kappa shape index (κ2) is 7.26. The molecule has 0 radical (unpaired) electrons. The van der Waals surface area contributed by atoms with Gasteiger partial charge in [0.25, 0.3) is 5.56 Å². The Balaban J connectivity index is 1.83. The summed E-state index contributed by atoms with van der Waals surface area (Å²) in [6.45, 7) is 0.253. The van der Waals surface area contributed by atoms with E-state index in [1.807, 2.05) is 12.1 Å². The van der Waals surface area contributed by atoms with E-state index in [1.54, 1.807) is 36.4 Å². The SMILES string of the molecule is O=c1c(Cl)c(OCc2ccc(Cl)cc2)cnn1-c1ccc(Cl)cc1. The Hall–Kier alpha value is -2.01. The lowest BCUT2D eigenvalue weighted by Crippen LogP contribution is -2.22. The van der Waals surface area contributed by atoms with Crippen molar-refractivity contribution in [3.05, 3.63) is 85.7 Å². The van der Waals surface area contributed by atoms with Crippen LogP contribution in [0.1, 0.15) is 5.56 Å². The molecule has 0 fully saturated rings. The van der Waals surface area contributed by atoms with Gasteiger partial charge < -0.3 is 4.74 Å². The highest BCUT2D eigenvalue weighted by atomic mass is 35.5. The molecule has 24 heavy (non-hydrogen) atoms. The topological polar surface area (TPSA) is 44.1 Å². The van der Waals surface area contributed by atoms with E-state index in [9.17, 15) is 4.79 Å². The van der Waals surface area contributed by atoms with Crippen LogP contribution in [-0.4, -0.2) is 9.78 Å². The van der Waals surface area contributed by atoms with Gasteiger partial charge in [-0.3, -0.25) is 4.79 Å². The summed E-state index contributed by atoms with van der Waals surface area (Å²) in [6, 6.07) is 13.9. The van der Waals surface area contributed by atoms with Crippen molar-refractivity contribution in [2.45, 2.75) is 6.61 Å². The Kier molecular flexibility index (Phi) is 5.09. The molecule has 0 bridgehead atoms. The zero-order chi connectivity index (χ0) is 17.1. The Morgan fingerprint density at radius 2 is 1.50 bits per heavy atom. The predicted molar refractivity (Wildman–Crippen MR) is 95.6 cm³/mol. The van der Waals surface area contributed by atoms with Crippen molar-refractivity contribution in [2.75, 3.05) is 0 Å². The van der Waals surface area contributed by atoms with Gasteiger partial charge in [0, 0.05) is 10.0 Å². The van der Waals surface area contributed by atoms with Crippen molar-refractivity contribution in [1.82, 2.24) is 9.78 Å². The normalized spacial score (nSPS) is 10.6. The molecule has 0 aliphatic rings. The Bertz CT molecular complexity index is 907. The summed E-state index contributed by atoms with van der Waals surface area (Å²) in [5, 5.41) is 5.28. The maximum absolute atomic E-state index is 12.4. The maximum Gasteiger partial charge on any atom is 0.294 e. The van der Waals surface area contributed by atoms with Crippen LogP contribution < -0.4 is 10.3 Å². The summed E-state index contributed by atoms with van der Waals surface area (Å²) in [6.07, 6.45) is 1.41. The van der Waals surface area contributed by atoms with E-state index in [4.69, 9.17) is 39.5 Å². The first-order valence-electron chi connectivity index (χ1n) is 6.95. The zero-order valence-corrected chi connectivity index (χ0v) is 14.5. The van der Waals surface area contributed by atoms with Crippen molar-refractivity contribution in [1.29, 1.82) is 0 Å². The Labute approximate surface area is 153 Å². The molecule has 0 aliphatic carbocycles. The van der Waals surface area contributed by atoms with Crippen LogP contribution in [0, 0.1) is 0 Å². The number of hydrogen-bond acceptors (Lipinski definition) is 3. The lowest BCUT2D eigenvalue weighted by atomic mass is 10.2. The summed E-state index contributed by atoms with van der Waals surface area (Å²) in [5.74, 6) is 0.224. The minimum absolute atomic E-state index is 0.0334. The van der Waals surface area contributed by atoms with E-state index in [0.717, 1.165) is 5.56 Å². The van der Waals surface area contributed by atoms with Crippen LogP contribution >= 0.6 is 34.8 Å². The van der Waals surface area contributed by atoms with Gasteiger partial charge in [0.2, 0.25) is 0 Å². The average molecular weight is 382 g/mol. The molecule has 0 N–H and O–H groups in total. The van der Waals surface area contributed by atoms with Gasteiger partial charge in [0.05, 0.1) is 11.9 Å². The predicted octanol–water partition coefficient (Wildman–Crippen LogP) is 4.77. The first-order valence-corrected chi connectivity index (χ1v) is 8.09. The van der Waals surface area contributed by atoms with Gasteiger partial charge in [-0.15, -0.1) is 0 Å². The van der Waals surface area contributed by atoms with Crippen LogP contribution in [0.3, 0.4) is 0 Å². The van der Waals surface area contributed by atoms with Crippen molar-refractivity contribution < 1.29 is 4.74 Å². The smallest absolute Gasteiger partial charge is 0.294 e. The van der Waals surface area contributed by atoms with E-state index >= 15 is 0 Å². The highest BCUT2D eigenvalue weighted by molar-refractivity contribution is 6.32. The molecular formula is C17H11Cl3N2O2. The van der Waals surface area contributed by atoms with Crippen molar-refractivity contribution in [3.63, 3.8) is 0 Å². The van der Waals surface area contributed by atoms with Gasteiger partial charge in [0.1, 0.15) is 6.61 Å². The Morgan fingerprint density at radius 3 is 2.12 bits per heavy atom. The van der Waals surface area contributed by atoms with Crippen LogP contribution in [0.5, 0.6) is 5.75 Å². The van der Waals surface area contributed by atoms with E-state index in [1.165, 1.54) is 10.9 Å². The average Bonchev–Trinajstić information content (AvgIpc) is 2.59. The molecule has 122 valence electrons. The van der Waals surface area contributed by atoms with Gasteiger partial charge in [-0.2, -0.15) is 9.78 Å². The number of nitrogens with zero attached hydrogens (tertiary/aromatic N) is 2. The van der Waals surface area contributed by atoms with E-state index in [-0.39, 0.29) is 17.4 Å². The number of halogens is 3. The fraction of sp³-hybridized carbons (Fsp3) is 0.0588. The first kappa shape index (κ1) is 16.8. The van der Waals surface area contributed by atoms with E-state index in [2.05, 4.69) is 5.10 Å². The minimum atomic E-state index is -0.465. The van der Waals surface area contributed by atoms with Crippen molar-refractivity contribution in [3.8, 4) is 11.4 Å². The monoisotopic (exact) mass is 380 g/mol. The number of aromatic nitrogens is 2. The molecule has 2 aromatic carbocycles. The van der Waals surface area contributed by atoms with Crippen LogP contribution in [0.2, 0.25) is 15.1 Å². The molecule has 0 spiro atoms.